The highest BCUT2D eigenvalue weighted by Gasteiger charge is 2.31. The van der Waals surface area contributed by atoms with Crippen molar-refractivity contribution in [1.29, 1.82) is 0 Å². The standard InChI is InChI=1S/C14H26N4O2.HI/c1-18(2)13(19)12-7-6-11(20-12)9-17-14(15)16-8-10-4-3-5-10;/h10-12H,3-9H2,1-2H3,(H3,15,16,17);1H. The molecule has 1 saturated carbocycles. The summed E-state index contributed by atoms with van der Waals surface area (Å²) in [4.78, 5) is 17.7. The summed E-state index contributed by atoms with van der Waals surface area (Å²) in [6, 6.07) is 0. The number of halogens is 1. The molecule has 0 aromatic rings. The molecule has 21 heavy (non-hydrogen) atoms. The van der Waals surface area contributed by atoms with E-state index in [1.807, 2.05) is 0 Å². The number of hydrogen-bond donors (Lipinski definition) is 2. The Morgan fingerprint density at radius 3 is 2.62 bits per heavy atom. The van der Waals surface area contributed by atoms with E-state index in [-0.39, 0.29) is 42.1 Å². The minimum atomic E-state index is -0.301. The van der Waals surface area contributed by atoms with Crippen molar-refractivity contribution < 1.29 is 9.53 Å². The Morgan fingerprint density at radius 1 is 1.33 bits per heavy atom. The van der Waals surface area contributed by atoms with E-state index >= 15 is 0 Å². The number of carbonyl (C=O) groups excluding carboxylic acids is 1. The molecule has 2 rings (SSSR count). The van der Waals surface area contributed by atoms with Crippen LogP contribution in [-0.4, -0.2) is 56.2 Å². The van der Waals surface area contributed by atoms with E-state index in [4.69, 9.17) is 10.5 Å². The van der Waals surface area contributed by atoms with Gasteiger partial charge in [0.1, 0.15) is 6.10 Å². The van der Waals surface area contributed by atoms with Gasteiger partial charge in [-0.1, -0.05) is 6.42 Å². The van der Waals surface area contributed by atoms with Gasteiger partial charge in [-0.3, -0.25) is 9.79 Å². The average molecular weight is 410 g/mol. The first-order valence-electron chi connectivity index (χ1n) is 7.46. The van der Waals surface area contributed by atoms with Crippen molar-refractivity contribution >= 4 is 35.8 Å². The summed E-state index contributed by atoms with van der Waals surface area (Å²) in [6.07, 6.45) is 5.28. The van der Waals surface area contributed by atoms with E-state index < -0.39 is 0 Å². The lowest BCUT2D eigenvalue weighted by atomic mass is 9.86. The normalized spacial score (nSPS) is 25.9. The van der Waals surface area contributed by atoms with Gasteiger partial charge in [0.2, 0.25) is 0 Å². The zero-order valence-corrected chi connectivity index (χ0v) is 15.2. The van der Waals surface area contributed by atoms with Crippen molar-refractivity contribution in [1.82, 2.24) is 10.2 Å². The smallest absolute Gasteiger partial charge is 0.251 e. The monoisotopic (exact) mass is 410 g/mol. The predicted octanol–water partition coefficient (Wildman–Crippen LogP) is 0.945. The van der Waals surface area contributed by atoms with Crippen LogP contribution in [0.1, 0.15) is 32.1 Å². The van der Waals surface area contributed by atoms with E-state index in [1.54, 1.807) is 19.0 Å². The highest BCUT2D eigenvalue weighted by Crippen LogP contribution is 2.26. The Balaban J connectivity index is 0.00000220. The maximum absolute atomic E-state index is 11.8. The zero-order valence-electron chi connectivity index (χ0n) is 12.9. The van der Waals surface area contributed by atoms with Gasteiger partial charge in [-0.25, -0.2) is 0 Å². The van der Waals surface area contributed by atoms with Gasteiger partial charge in [0.05, 0.1) is 6.10 Å². The van der Waals surface area contributed by atoms with E-state index in [2.05, 4.69) is 10.3 Å². The van der Waals surface area contributed by atoms with Crippen LogP contribution in [-0.2, 0) is 9.53 Å². The third-order valence-corrected chi connectivity index (χ3v) is 4.08. The van der Waals surface area contributed by atoms with Gasteiger partial charge in [-0.2, -0.15) is 0 Å². The van der Waals surface area contributed by atoms with Gasteiger partial charge < -0.3 is 20.7 Å². The molecule has 2 fully saturated rings. The third kappa shape index (κ3) is 5.61. The first kappa shape index (κ1) is 18.5. The van der Waals surface area contributed by atoms with Crippen LogP contribution in [0.3, 0.4) is 0 Å². The topological polar surface area (TPSA) is 80.0 Å². The fraction of sp³-hybridized carbons (Fsp3) is 0.857. The number of carbonyl (C=O) groups is 1. The Hall–Kier alpha value is -0.570. The van der Waals surface area contributed by atoms with Crippen LogP contribution in [0.5, 0.6) is 0 Å². The molecule has 0 radical (unpaired) electrons. The Labute approximate surface area is 143 Å². The minimum absolute atomic E-state index is 0. The molecule has 0 bridgehead atoms. The summed E-state index contributed by atoms with van der Waals surface area (Å²) in [5.74, 6) is 1.25. The Kier molecular flexibility index (Phi) is 7.72. The van der Waals surface area contributed by atoms with Crippen molar-refractivity contribution in [2.75, 3.05) is 27.2 Å². The van der Waals surface area contributed by atoms with E-state index in [1.165, 1.54) is 19.3 Å². The fourth-order valence-electron chi connectivity index (χ4n) is 2.50. The van der Waals surface area contributed by atoms with E-state index in [9.17, 15) is 4.79 Å². The number of guanidine groups is 1. The van der Waals surface area contributed by atoms with Gasteiger partial charge in [-0.05, 0) is 31.6 Å². The number of rotatable bonds is 5. The second-order valence-corrected chi connectivity index (χ2v) is 5.96. The molecular weight excluding hydrogens is 383 g/mol. The summed E-state index contributed by atoms with van der Waals surface area (Å²) >= 11 is 0. The molecule has 1 aliphatic carbocycles. The largest absolute Gasteiger partial charge is 0.370 e. The SMILES string of the molecule is CN(C)C(=O)C1CCC(CNC(N)=NCC2CCC2)O1.I. The number of amides is 1. The molecule has 2 atom stereocenters. The van der Waals surface area contributed by atoms with Crippen LogP contribution in [0.25, 0.3) is 0 Å². The number of aliphatic imine (C=N–C) groups is 1. The molecular formula is C14H27IN4O2. The van der Waals surface area contributed by atoms with Gasteiger partial charge in [-0.15, -0.1) is 24.0 Å². The van der Waals surface area contributed by atoms with Crippen LogP contribution < -0.4 is 11.1 Å². The summed E-state index contributed by atoms with van der Waals surface area (Å²) < 4.78 is 5.73. The van der Waals surface area contributed by atoms with Crippen molar-refractivity contribution in [3.63, 3.8) is 0 Å². The molecule has 7 heteroatoms. The fourth-order valence-corrected chi connectivity index (χ4v) is 2.50. The molecule has 2 aliphatic rings. The van der Waals surface area contributed by atoms with Crippen LogP contribution in [0.15, 0.2) is 4.99 Å². The molecule has 122 valence electrons. The molecule has 6 nitrogen and oxygen atoms in total. The molecule has 2 unspecified atom stereocenters. The summed E-state index contributed by atoms with van der Waals surface area (Å²) in [6.45, 7) is 1.45. The van der Waals surface area contributed by atoms with E-state index in [0.717, 1.165) is 25.3 Å². The van der Waals surface area contributed by atoms with Crippen molar-refractivity contribution in [2.24, 2.45) is 16.6 Å². The number of nitrogens with two attached hydrogens (primary N) is 1. The second-order valence-electron chi connectivity index (χ2n) is 5.96. The highest BCUT2D eigenvalue weighted by atomic mass is 127. The van der Waals surface area contributed by atoms with E-state index in [0.29, 0.717) is 12.5 Å². The molecule has 1 saturated heterocycles. The maximum atomic E-state index is 11.8. The third-order valence-electron chi connectivity index (χ3n) is 4.08. The number of ether oxygens (including phenoxy) is 1. The van der Waals surface area contributed by atoms with Crippen LogP contribution in [0.4, 0.5) is 0 Å². The summed E-state index contributed by atoms with van der Waals surface area (Å²) in [5, 5.41) is 3.09. The number of likely N-dealkylation sites (N-methyl/N-ethyl adjacent to an activating group) is 1. The maximum Gasteiger partial charge on any atom is 0.251 e. The highest BCUT2D eigenvalue weighted by molar-refractivity contribution is 14.0. The number of hydrogen-bond acceptors (Lipinski definition) is 3. The lowest BCUT2D eigenvalue weighted by molar-refractivity contribution is -0.140. The Morgan fingerprint density at radius 2 is 2.05 bits per heavy atom. The van der Waals surface area contributed by atoms with Gasteiger partial charge >= 0.3 is 0 Å². The second kappa shape index (κ2) is 8.77. The molecule has 3 N–H and O–H groups in total. The molecule has 1 heterocycles. The lowest BCUT2D eigenvalue weighted by Gasteiger charge is -2.23. The molecule has 0 aromatic heterocycles. The predicted molar refractivity (Wildman–Crippen MR) is 93.8 cm³/mol. The summed E-state index contributed by atoms with van der Waals surface area (Å²) in [5.41, 5.74) is 5.83. The van der Waals surface area contributed by atoms with Crippen LogP contribution >= 0.6 is 24.0 Å². The van der Waals surface area contributed by atoms with Crippen LogP contribution in [0.2, 0.25) is 0 Å². The van der Waals surface area contributed by atoms with Gasteiger partial charge in [0.25, 0.3) is 5.91 Å². The molecule has 0 spiro atoms. The molecule has 0 aromatic carbocycles. The minimum Gasteiger partial charge on any atom is -0.370 e. The first-order valence-corrected chi connectivity index (χ1v) is 7.46. The van der Waals surface area contributed by atoms with Crippen LogP contribution in [0, 0.1) is 5.92 Å². The first-order chi connectivity index (χ1) is 9.56. The van der Waals surface area contributed by atoms with Gasteiger partial charge in [0.15, 0.2) is 5.96 Å². The number of nitrogens with one attached hydrogen (secondary N) is 1. The van der Waals surface area contributed by atoms with Gasteiger partial charge in [0, 0.05) is 27.2 Å². The molecule has 1 amide bonds. The van der Waals surface area contributed by atoms with Crippen molar-refractivity contribution in [3.8, 4) is 0 Å². The van der Waals surface area contributed by atoms with Crippen molar-refractivity contribution in [2.45, 2.75) is 44.3 Å². The molecule has 1 aliphatic heterocycles. The Bertz CT molecular complexity index is 372. The van der Waals surface area contributed by atoms with Crippen molar-refractivity contribution in [3.05, 3.63) is 0 Å². The summed E-state index contributed by atoms with van der Waals surface area (Å²) in [7, 11) is 3.50. The number of nitrogens with zero attached hydrogens (tertiary/aromatic N) is 2. The quantitative estimate of drug-likeness (QED) is 0.402. The lowest BCUT2D eigenvalue weighted by Crippen LogP contribution is -2.39. The average Bonchev–Trinajstić information content (AvgIpc) is 2.82. The zero-order chi connectivity index (χ0) is 14.5.